The zero-order valence-electron chi connectivity index (χ0n) is 17.4. The highest BCUT2D eigenvalue weighted by molar-refractivity contribution is 9.10. The molecule has 0 saturated heterocycles. The van der Waals surface area contributed by atoms with Gasteiger partial charge in [-0.3, -0.25) is 0 Å². The number of ether oxygens (including phenoxy) is 1. The fourth-order valence-electron chi connectivity index (χ4n) is 3.58. The molecule has 0 unspecified atom stereocenters. The van der Waals surface area contributed by atoms with Gasteiger partial charge in [-0.05, 0) is 53.0 Å². The number of para-hydroxylation sites is 1. The predicted octanol–water partition coefficient (Wildman–Crippen LogP) is 4.49. The van der Waals surface area contributed by atoms with E-state index in [1.807, 2.05) is 25.2 Å². The Labute approximate surface area is 195 Å². The quantitative estimate of drug-likeness (QED) is 0.495. The van der Waals surface area contributed by atoms with Crippen LogP contribution in [0.2, 0.25) is 0 Å². The van der Waals surface area contributed by atoms with E-state index in [0.29, 0.717) is 46.3 Å². The van der Waals surface area contributed by atoms with E-state index in [4.69, 9.17) is 4.74 Å². The van der Waals surface area contributed by atoms with Crippen molar-refractivity contribution in [2.45, 2.75) is 23.0 Å². The van der Waals surface area contributed by atoms with Crippen molar-refractivity contribution < 1.29 is 13.2 Å². The number of rotatable bonds is 6. The number of likely N-dealkylation sites (N-methyl/N-ethyl adjacent to an activating group) is 1. The lowest BCUT2D eigenvalue weighted by atomic mass is 10.2. The van der Waals surface area contributed by atoms with Crippen molar-refractivity contribution in [1.82, 2.24) is 9.97 Å². The van der Waals surface area contributed by atoms with Crippen molar-refractivity contribution in [3.63, 3.8) is 0 Å². The maximum atomic E-state index is 12.8. The van der Waals surface area contributed by atoms with Crippen LogP contribution >= 0.6 is 15.9 Å². The molecule has 1 fully saturated rings. The van der Waals surface area contributed by atoms with Gasteiger partial charge < -0.3 is 20.3 Å². The normalized spacial score (nSPS) is 15.6. The second-order valence-electron chi connectivity index (χ2n) is 7.83. The standard InChI is InChI=1S/C22H22BrN5O3S/c1-28-10-11-31-19-12-14(6-9-18(19)28)25-22-24-13-16(23)21(27-22)26-17-4-2-3-5-20(17)32(29,30)15-7-8-15/h2-6,9,12-13,15H,7-8,10-11H2,1H3,(H2,24,25,26,27). The number of anilines is 5. The molecule has 10 heteroatoms. The predicted molar refractivity (Wildman–Crippen MR) is 128 cm³/mol. The van der Waals surface area contributed by atoms with E-state index in [9.17, 15) is 8.42 Å². The number of nitrogens with one attached hydrogen (secondary N) is 2. The second-order valence-corrected chi connectivity index (χ2v) is 10.9. The largest absolute Gasteiger partial charge is 0.489 e. The minimum absolute atomic E-state index is 0.290. The molecule has 32 heavy (non-hydrogen) atoms. The number of aromatic nitrogens is 2. The van der Waals surface area contributed by atoms with Crippen LogP contribution in [0.5, 0.6) is 5.75 Å². The lowest BCUT2D eigenvalue weighted by Gasteiger charge is -2.28. The Morgan fingerprint density at radius 1 is 1.16 bits per heavy atom. The van der Waals surface area contributed by atoms with Gasteiger partial charge in [-0.25, -0.2) is 13.4 Å². The fraction of sp³-hybridized carbons (Fsp3) is 0.273. The molecule has 3 aromatic rings. The molecule has 2 aliphatic rings. The van der Waals surface area contributed by atoms with Gasteiger partial charge in [-0.15, -0.1) is 0 Å². The number of fused-ring (bicyclic) bond motifs is 1. The third-order valence-electron chi connectivity index (χ3n) is 5.47. The van der Waals surface area contributed by atoms with Crippen molar-refractivity contribution in [3.8, 4) is 5.75 Å². The average molecular weight is 516 g/mol. The van der Waals surface area contributed by atoms with E-state index in [1.54, 1.807) is 30.5 Å². The number of benzene rings is 2. The molecule has 0 atom stereocenters. The molecular weight excluding hydrogens is 494 g/mol. The SMILES string of the molecule is CN1CCOc2cc(Nc3ncc(Br)c(Nc4ccccc4S(=O)(=O)C4CC4)n3)ccc21. The Morgan fingerprint density at radius 2 is 1.97 bits per heavy atom. The van der Waals surface area contributed by atoms with E-state index in [0.717, 1.165) is 23.7 Å². The van der Waals surface area contributed by atoms with Crippen LogP contribution in [0.3, 0.4) is 0 Å². The van der Waals surface area contributed by atoms with Crippen LogP contribution in [0.25, 0.3) is 0 Å². The molecule has 1 aromatic heterocycles. The number of nitrogens with zero attached hydrogens (tertiary/aromatic N) is 3. The van der Waals surface area contributed by atoms with Gasteiger partial charge in [0.05, 0.1) is 32.5 Å². The highest BCUT2D eigenvalue weighted by atomic mass is 79.9. The zero-order chi connectivity index (χ0) is 22.3. The Balaban J connectivity index is 1.41. The van der Waals surface area contributed by atoms with E-state index in [1.165, 1.54) is 0 Å². The smallest absolute Gasteiger partial charge is 0.229 e. The van der Waals surface area contributed by atoms with E-state index in [-0.39, 0.29) is 5.25 Å². The fourth-order valence-corrected chi connectivity index (χ4v) is 5.68. The number of halogens is 1. The highest BCUT2D eigenvalue weighted by Gasteiger charge is 2.38. The number of hydrogen-bond acceptors (Lipinski definition) is 8. The third-order valence-corrected chi connectivity index (χ3v) is 8.36. The zero-order valence-corrected chi connectivity index (χ0v) is 19.8. The molecule has 2 heterocycles. The van der Waals surface area contributed by atoms with Crippen LogP contribution in [0.15, 0.2) is 58.0 Å². The molecule has 0 amide bonds. The molecule has 8 nitrogen and oxygen atoms in total. The van der Waals surface area contributed by atoms with Crippen LogP contribution in [-0.4, -0.2) is 43.8 Å². The second kappa shape index (κ2) is 8.25. The monoisotopic (exact) mass is 515 g/mol. The highest BCUT2D eigenvalue weighted by Crippen LogP contribution is 2.38. The number of hydrogen-bond donors (Lipinski definition) is 2. The summed E-state index contributed by atoms with van der Waals surface area (Å²) in [7, 11) is -1.32. The van der Waals surface area contributed by atoms with Gasteiger partial charge in [0.1, 0.15) is 18.2 Å². The van der Waals surface area contributed by atoms with Crippen molar-refractivity contribution in [2.24, 2.45) is 0 Å². The van der Waals surface area contributed by atoms with Crippen LogP contribution in [0.4, 0.5) is 28.8 Å². The molecule has 166 valence electrons. The van der Waals surface area contributed by atoms with E-state index >= 15 is 0 Å². The van der Waals surface area contributed by atoms with Crippen LogP contribution < -0.4 is 20.3 Å². The first kappa shape index (κ1) is 21.0. The first-order valence-corrected chi connectivity index (χ1v) is 12.6. The van der Waals surface area contributed by atoms with Crippen molar-refractivity contribution in [3.05, 3.63) is 53.1 Å². The summed E-state index contributed by atoms with van der Waals surface area (Å²) >= 11 is 3.46. The van der Waals surface area contributed by atoms with Gasteiger partial charge in [0.2, 0.25) is 5.95 Å². The lowest BCUT2D eigenvalue weighted by Crippen LogP contribution is -2.28. The lowest BCUT2D eigenvalue weighted by molar-refractivity contribution is 0.311. The van der Waals surface area contributed by atoms with Crippen LogP contribution in [0, 0.1) is 0 Å². The molecule has 1 saturated carbocycles. The molecule has 0 radical (unpaired) electrons. The Hall–Kier alpha value is -2.85. The maximum Gasteiger partial charge on any atom is 0.229 e. The van der Waals surface area contributed by atoms with Crippen molar-refractivity contribution >= 4 is 54.6 Å². The summed E-state index contributed by atoms with van der Waals surface area (Å²) in [4.78, 5) is 11.3. The molecule has 1 aliphatic heterocycles. The van der Waals surface area contributed by atoms with Crippen LogP contribution in [0.1, 0.15) is 12.8 Å². The summed E-state index contributed by atoms with van der Waals surface area (Å²) in [6.07, 6.45) is 3.04. The minimum atomic E-state index is -3.36. The summed E-state index contributed by atoms with van der Waals surface area (Å²) in [6, 6.07) is 12.8. The summed E-state index contributed by atoms with van der Waals surface area (Å²) in [5.74, 6) is 1.65. The molecule has 5 rings (SSSR count). The molecule has 2 N–H and O–H groups in total. The third kappa shape index (κ3) is 4.12. The Bertz CT molecular complexity index is 1280. The van der Waals surface area contributed by atoms with Gasteiger partial charge in [0.25, 0.3) is 0 Å². The topological polar surface area (TPSA) is 96.5 Å². The van der Waals surface area contributed by atoms with Crippen LogP contribution in [-0.2, 0) is 9.84 Å². The van der Waals surface area contributed by atoms with E-state index < -0.39 is 9.84 Å². The van der Waals surface area contributed by atoms with E-state index in [2.05, 4.69) is 41.4 Å². The van der Waals surface area contributed by atoms with Gasteiger partial charge in [-0.2, -0.15) is 4.98 Å². The van der Waals surface area contributed by atoms with Gasteiger partial charge in [0.15, 0.2) is 9.84 Å². The molecule has 0 bridgehead atoms. The molecule has 2 aromatic carbocycles. The van der Waals surface area contributed by atoms with Crippen molar-refractivity contribution in [1.29, 1.82) is 0 Å². The summed E-state index contributed by atoms with van der Waals surface area (Å²) in [6.45, 7) is 1.49. The molecular formula is C22H22BrN5O3S. The molecule has 1 aliphatic carbocycles. The Morgan fingerprint density at radius 3 is 2.78 bits per heavy atom. The number of sulfone groups is 1. The van der Waals surface area contributed by atoms with Crippen molar-refractivity contribution in [2.75, 3.05) is 35.7 Å². The first-order chi connectivity index (χ1) is 15.4. The first-order valence-electron chi connectivity index (χ1n) is 10.3. The van der Waals surface area contributed by atoms with Gasteiger partial charge >= 0.3 is 0 Å². The van der Waals surface area contributed by atoms with Gasteiger partial charge in [0, 0.05) is 25.0 Å². The minimum Gasteiger partial charge on any atom is -0.489 e. The maximum absolute atomic E-state index is 12.8. The Kier molecular flexibility index (Phi) is 5.42. The summed E-state index contributed by atoms with van der Waals surface area (Å²) in [5, 5.41) is 6.07. The summed E-state index contributed by atoms with van der Waals surface area (Å²) in [5.41, 5.74) is 2.33. The van der Waals surface area contributed by atoms with Gasteiger partial charge in [-0.1, -0.05) is 12.1 Å². The average Bonchev–Trinajstić information content (AvgIpc) is 3.63. The summed E-state index contributed by atoms with van der Waals surface area (Å²) < 4.78 is 32.0. The molecule has 0 spiro atoms.